The fourth-order valence-corrected chi connectivity index (χ4v) is 0.839. The van der Waals surface area contributed by atoms with Crippen molar-refractivity contribution in [3.8, 4) is 5.88 Å². The molecule has 0 fully saturated rings. The Kier molecular flexibility index (Phi) is 4.07. The predicted molar refractivity (Wildman–Crippen MR) is 52.9 cm³/mol. The summed E-state index contributed by atoms with van der Waals surface area (Å²) in [5.41, 5.74) is 1.61. The second-order valence-electron chi connectivity index (χ2n) is 3.08. The second-order valence-corrected chi connectivity index (χ2v) is 3.08. The zero-order chi connectivity index (χ0) is 10.4. The highest BCUT2D eigenvalue weighted by Crippen LogP contribution is 2.06. The van der Waals surface area contributed by atoms with Gasteiger partial charge in [-0.2, -0.15) is 0 Å². The standard InChI is InChI=1S/C10H14N2O2/c1-8(2)5-6-14-10-4-3-9(7-13)11-12-10/h3-4,13H,1,5-7H2,2H3. The van der Waals surface area contributed by atoms with E-state index in [2.05, 4.69) is 16.8 Å². The predicted octanol–water partition coefficient (Wildman–Crippen LogP) is 1.31. The fourth-order valence-electron chi connectivity index (χ4n) is 0.839. The molecule has 76 valence electrons. The van der Waals surface area contributed by atoms with Crippen LogP contribution in [0.2, 0.25) is 0 Å². The van der Waals surface area contributed by atoms with Gasteiger partial charge in [0.2, 0.25) is 5.88 Å². The number of nitrogens with zero attached hydrogens (tertiary/aromatic N) is 2. The van der Waals surface area contributed by atoms with Crippen molar-refractivity contribution in [2.75, 3.05) is 6.61 Å². The molecule has 0 aromatic carbocycles. The average Bonchev–Trinajstić information content (AvgIpc) is 2.18. The summed E-state index contributed by atoms with van der Waals surface area (Å²) in [7, 11) is 0. The number of aromatic nitrogens is 2. The Morgan fingerprint density at radius 2 is 2.29 bits per heavy atom. The molecule has 4 heteroatoms. The fraction of sp³-hybridized carbons (Fsp3) is 0.400. The molecular weight excluding hydrogens is 180 g/mol. The minimum absolute atomic E-state index is 0.0982. The van der Waals surface area contributed by atoms with Crippen LogP contribution in [0.25, 0.3) is 0 Å². The lowest BCUT2D eigenvalue weighted by Gasteiger charge is -2.03. The van der Waals surface area contributed by atoms with Crippen molar-refractivity contribution < 1.29 is 9.84 Å². The quantitative estimate of drug-likeness (QED) is 0.718. The van der Waals surface area contributed by atoms with Crippen LogP contribution in [0.3, 0.4) is 0 Å². The van der Waals surface area contributed by atoms with Gasteiger partial charge in [0.05, 0.1) is 18.9 Å². The number of hydrogen-bond acceptors (Lipinski definition) is 4. The number of hydrogen-bond donors (Lipinski definition) is 1. The molecule has 0 aliphatic rings. The lowest BCUT2D eigenvalue weighted by molar-refractivity contribution is 0.271. The van der Waals surface area contributed by atoms with Crippen LogP contribution in [0.1, 0.15) is 19.0 Å². The summed E-state index contributed by atoms with van der Waals surface area (Å²) in [4.78, 5) is 0. The minimum Gasteiger partial charge on any atom is -0.476 e. The number of ether oxygens (including phenoxy) is 1. The Labute approximate surface area is 83.2 Å². The Hall–Kier alpha value is -1.42. The van der Waals surface area contributed by atoms with Gasteiger partial charge in [0, 0.05) is 12.5 Å². The maximum atomic E-state index is 8.72. The monoisotopic (exact) mass is 194 g/mol. The SMILES string of the molecule is C=C(C)CCOc1ccc(CO)nn1. The van der Waals surface area contributed by atoms with E-state index in [9.17, 15) is 0 Å². The first-order valence-electron chi connectivity index (χ1n) is 4.43. The largest absolute Gasteiger partial charge is 0.476 e. The molecule has 1 aromatic heterocycles. The van der Waals surface area contributed by atoms with Crippen molar-refractivity contribution in [3.05, 3.63) is 30.0 Å². The molecule has 4 nitrogen and oxygen atoms in total. The lowest BCUT2D eigenvalue weighted by Crippen LogP contribution is -2.01. The molecule has 0 amide bonds. The van der Waals surface area contributed by atoms with Crippen molar-refractivity contribution in [2.24, 2.45) is 0 Å². The summed E-state index contributed by atoms with van der Waals surface area (Å²) in [6.07, 6.45) is 0.809. The highest BCUT2D eigenvalue weighted by molar-refractivity contribution is 5.10. The van der Waals surface area contributed by atoms with Crippen LogP contribution in [-0.2, 0) is 6.61 Å². The molecule has 0 bridgehead atoms. The van der Waals surface area contributed by atoms with Gasteiger partial charge in [-0.1, -0.05) is 5.57 Å². The van der Waals surface area contributed by atoms with E-state index in [0.29, 0.717) is 18.2 Å². The summed E-state index contributed by atoms with van der Waals surface area (Å²) < 4.78 is 5.30. The molecule has 0 spiro atoms. The van der Waals surface area contributed by atoms with Crippen LogP contribution < -0.4 is 4.74 Å². The molecule has 0 saturated heterocycles. The zero-order valence-corrected chi connectivity index (χ0v) is 8.23. The Bertz CT molecular complexity index is 295. The molecule has 0 saturated carbocycles. The van der Waals surface area contributed by atoms with Crippen LogP contribution in [-0.4, -0.2) is 21.9 Å². The van der Waals surface area contributed by atoms with E-state index in [1.807, 2.05) is 6.92 Å². The van der Waals surface area contributed by atoms with E-state index in [0.717, 1.165) is 12.0 Å². The third-order valence-electron chi connectivity index (χ3n) is 1.64. The highest BCUT2D eigenvalue weighted by Gasteiger charge is 1.97. The second kappa shape index (κ2) is 5.34. The number of aliphatic hydroxyl groups excluding tert-OH is 1. The van der Waals surface area contributed by atoms with Crippen LogP contribution >= 0.6 is 0 Å². The first kappa shape index (κ1) is 10.7. The Balaban J connectivity index is 2.40. The third-order valence-corrected chi connectivity index (χ3v) is 1.64. The van der Waals surface area contributed by atoms with Crippen molar-refractivity contribution in [3.63, 3.8) is 0 Å². The molecule has 1 rings (SSSR count). The van der Waals surface area contributed by atoms with Crippen LogP contribution in [0.4, 0.5) is 0 Å². The Morgan fingerprint density at radius 3 is 2.79 bits per heavy atom. The van der Waals surface area contributed by atoms with Gasteiger partial charge < -0.3 is 9.84 Å². The van der Waals surface area contributed by atoms with Crippen LogP contribution in [0.5, 0.6) is 5.88 Å². The van der Waals surface area contributed by atoms with E-state index in [-0.39, 0.29) is 6.61 Å². The van der Waals surface area contributed by atoms with E-state index in [1.165, 1.54) is 0 Å². The van der Waals surface area contributed by atoms with E-state index >= 15 is 0 Å². The van der Waals surface area contributed by atoms with Gasteiger partial charge in [0.25, 0.3) is 0 Å². The molecule has 14 heavy (non-hydrogen) atoms. The van der Waals surface area contributed by atoms with E-state index in [4.69, 9.17) is 9.84 Å². The van der Waals surface area contributed by atoms with Gasteiger partial charge >= 0.3 is 0 Å². The smallest absolute Gasteiger partial charge is 0.233 e. The van der Waals surface area contributed by atoms with Gasteiger partial charge in [-0.15, -0.1) is 16.8 Å². The maximum absolute atomic E-state index is 8.72. The first-order valence-corrected chi connectivity index (χ1v) is 4.43. The number of aliphatic hydroxyl groups is 1. The summed E-state index contributed by atoms with van der Waals surface area (Å²) in [5, 5.41) is 16.3. The summed E-state index contributed by atoms with van der Waals surface area (Å²) >= 11 is 0. The molecule has 0 atom stereocenters. The maximum Gasteiger partial charge on any atom is 0.233 e. The van der Waals surface area contributed by atoms with Gasteiger partial charge in [0.15, 0.2) is 0 Å². The third kappa shape index (κ3) is 3.53. The van der Waals surface area contributed by atoms with Gasteiger partial charge in [-0.25, -0.2) is 0 Å². The average molecular weight is 194 g/mol. The Morgan fingerprint density at radius 1 is 1.50 bits per heavy atom. The van der Waals surface area contributed by atoms with E-state index in [1.54, 1.807) is 12.1 Å². The molecule has 0 unspecified atom stereocenters. The summed E-state index contributed by atoms with van der Waals surface area (Å²) in [5.74, 6) is 0.475. The summed E-state index contributed by atoms with van der Waals surface area (Å²) in [6.45, 7) is 6.17. The molecule has 1 heterocycles. The molecule has 1 aromatic rings. The molecule has 1 N–H and O–H groups in total. The zero-order valence-electron chi connectivity index (χ0n) is 8.23. The van der Waals surface area contributed by atoms with Gasteiger partial charge in [0.1, 0.15) is 0 Å². The molecule has 0 aliphatic carbocycles. The van der Waals surface area contributed by atoms with Crippen molar-refractivity contribution in [1.29, 1.82) is 0 Å². The van der Waals surface area contributed by atoms with Crippen LogP contribution in [0, 0.1) is 0 Å². The summed E-state index contributed by atoms with van der Waals surface area (Å²) in [6, 6.07) is 3.38. The van der Waals surface area contributed by atoms with Crippen molar-refractivity contribution in [2.45, 2.75) is 20.0 Å². The van der Waals surface area contributed by atoms with Crippen molar-refractivity contribution >= 4 is 0 Å². The van der Waals surface area contributed by atoms with Gasteiger partial charge in [-0.3, -0.25) is 0 Å². The molecule has 0 aliphatic heterocycles. The normalized spacial score (nSPS) is 9.86. The lowest BCUT2D eigenvalue weighted by atomic mass is 10.3. The number of rotatable bonds is 5. The molecule has 0 radical (unpaired) electrons. The van der Waals surface area contributed by atoms with Crippen LogP contribution in [0.15, 0.2) is 24.3 Å². The van der Waals surface area contributed by atoms with E-state index < -0.39 is 0 Å². The van der Waals surface area contributed by atoms with Gasteiger partial charge in [-0.05, 0) is 13.0 Å². The molecular formula is C10H14N2O2. The van der Waals surface area contributed by atoms with Crippen molar-refractivity contribution in [1.82, 2.24) is 10.2 Å². The highest BCUT2D eigenvalue weighted by atomic mass is 16.5. The topological polar surface area (TPSA) is 55.2 Å². The minimum atomic E-state index is -0.0982. The first-order chi connectivity index (χ1) is 6.72.